The van der Waals surface area contributed by atoms with E-state index in [4.69, 9.17) is 23.1 Å². The molecule has 0 radical (unpaired) electrons. The molecule has 2 amide bonds. The SMILES string of the molecule is NC(=O)c1c(Nc2ccc(F)c(Cl)c2)sc(C(=O)Nc2ccc(Br)cc2F)c1N. The van der Waals surface area contributed by atoms with Crippen LogP contribution in [0.2, 0.25) is 5.02 Å². The highest BCUT2D eigenvalue weighted by Gasteiger charge is 2.25. The first-order chi connectivity index (χ1) is 13.7. The molecule has 3 rings (SSSR count). The molecule has 0 fully saturated rings. The molecule has 0 spiro atoms. The standard InChI is InChI=1S/C18H12BrClF2N4O2S/c19-7-1-4-12(11(22)5-7)26-17(28)15-14(23)13(16(24)27)18(29-15)25-8-2-3-10(21)9(20)6-8/h1-6,25H,23H2,(H2,24,27)(H,26,28). The molecular formula is C18H12BrClF2N4O2S. The van der Waals surface area contributed by atoms with Gasteiger partial charge in [0.15, 0.2) is 0 Å². The Hall–Kier alpha value is -2.69. The number of thiophene rings is 1. The summed E-state index contributed by atoms with van der Waals surface area (Å²) in [5.74, 6) is -2.86. The van der Waals surface area contributed by atoms with Crippen molar-refractivity contribution in [2.24, 2.45) is 5.73 Å². The van der Waals surface area contributed by atoms with Gasteiger partial charge in [0.25, 0.3) is 11.8 Å². The van der Waals surface area contributed by atoms with Gasteiger partial charge in [-0.1, -0.05) is 27.5 Å². The van der Waals surface area contributed by atoms with Crippen LogP contribution >= 0.6 is 38.9 Å². The lowest BCUT2D eigenvalue weighted by Gasteiger charge is -2.06. The summed E-state index contributed by atoms with van der Waals surface area (Å²) in [5, 5.41) is 5.28. The largest absolute Gasteiger partial charge is 0.397 e. The Morgan fingerprint density at radius 1 is 1.10 bits per heavy atom. The van der Waals surface area contributed by atoms with E-state index >= 15 is 0 Å². The molecule has 0 aliphatic rings. The molecule has 11 heteroatoms. The maximum absolute atomic E-state index is 14.0. The number of amides is 2. The third kappa shape index (κ3) is 4.50. The van der Waals surface area contributed by atoms with Crippen molar-refractivity contribution >= 4 is 72.7 Å². The average molecular weight is 502 g/mol. The van der Waals surface area contributed by atoms with Gasteiger partial charge < -0.3 is 22.1 Å². The third-order valence-corrected chi connectivity index (χ3v) is 5.66. The molecule has 29 heavy (non-hydrogen) atoms. The average Bonchev–Trinajstić information content (AvgIpc) is 2.97. The predicted molar refractivity (Wildman–Crippen MR) is 114 cm³/mol. The minimum absolute atomic E-state index is 0.0446. The van der Waals surface area contributed by atoms with Crippen molar-refractivity contribution in [2.45, 2.75) is 0 Å². The van der Waals surface area contributed by atoms with Crippen molar-refractivity contribution in [1.29, 1.82) is 0 Å². The number of carbonyl (C=O) groups is 2. The lowest BCUT2D eigenvalue weighted by molar-refractivity contribution is 0.100. The van der Waals surface area contributed by atoms with Crippen molar-refractivity contribution in [3.63, 3.8) is 0 Å². The van der Waals surface area contributed by atoms with E-state index in [1.807, 2.05) is 0 Å². The minimum atomic E-state index is -0.872. The second-order valence-electron chi connectivity index (χ2n) is 5.75. The Labute approximate surface area is 181 Å². The van der Waals surface area contributed by atoms with Crippen LogP contribution in [0.1, 0.15) is 20.0 Å². The van der Waals surface area contributed by atoms with Gasteiger partial charge in [-0.15, -0.1) is 11.3 Å². The molecule has 150 valence electrons. The topological polar surface area (TPSA) is 110 Å². The Balaban J connectivity index is 1.95. The van der Waals surface area contributed by atoms with Gasteiger partial charge in [-0.3, -0.25) is 9.59 Å². The van der Waals surface area contributed by atoms with E-state index in [1.165, 1.54) is 24.3 Å². The van der Waals surface area contributed by atoms with Crippen LogP contribution in [0.5, 0.6) is 0 Å². The summed E-state index contributed by atoms with van der Waals surface area (Å²) in [6, 6.07) is 7.93. The van der Waals surface area contributed by atoms with Crippen LogP contribution in [0.25, 0.3) is 0 Å². The van der Waals surface area contributed by atoms with Crippen LogP contribution in [0, 0.1) is 11.6 Å². The molecule has 1 heterocycles. The zero-order chi connectivity index (χ0) is 21.3. The molecule has 1 aromatic heterocycles. The summed E-state index contributed by atoms with van der Waals surface area (Å²) in [7, 11) is 0. The number of nitrogens with one attached hydrogen (secondary N) is 2. The summed E-state index contributed by atoms with van der Waals surface area (Å²) >= 11 is 9.72. The van der Waals surface area contributed by atoms with Gasteiger partial charge in [0.05, 0.1) is 22.0 Å². The van der Waals surface area contributed by atoms with Crippen molar-refractivity contribution in [1.82, 2.24) is 0 Å². The normalized spacial score (nSPS) is 10.6. The molecular weight excluding hydrogens is 490 g/mol. The van der Waals surface area contributed by atoms with Crippen LogP contribution in [0.4, 0.5) is 30.8 Å². The minimum Gasteiger partial charge on any atom is -0.397 e. The van der Waals surface area contributed by atoms with Gasteiger partial charge in [-0.05, 0) is 36.4 Å². The highest BCUT2D eigenvalue weighted by Crippen LogP contribution is 2.38. The third-order valence-electron chi connectivity index (χ3n) is 3.75. The summed E-state index contributed by atoms with van der Waals surface area (Å²) < 4.78 is 27.8. The summed E-state index contributed by atoms with van der Waals surface area (Å²) in [6.07, 6.45) is 0. The van der Waals surface area contributed by atoms with E-state index in [-0.39, 0.29) is 31.8 Å². The number of hydrogen-bond acceptors (Lipinski definition) is 5. The van der Waals surface area contributed by atoms with E-state index in [2.05, 4.69) is 26.6 Å². The summed E-state index contributed by atoms with van der Waals surface area (Å²) in [6.45, 7) is 0. The quantitative estimate of drug-likeness (QED) is 0.389. The Kier molecular flexibility index (Phi) is 6.06. The number of primary amides is 1. The second-order valence-corrected chi connectivity index (χ2v) is 8.09. The lowest BCUT2D eigenvalue weighted by Crippen LogP contribution is -2.16. The molecule has 0 saturated carbocycles. The van der Waals surface area contributed by atoms with Gasteiger partial charge in [-0.2, -0.15) is 0 Å². The number of nitrogens with two attached hydrogens (primary N) is 2. The fourth-order valence-electron chi connectivity index (χ4n) is 2.42. The number of carbonyl (C=O) groups excluding carboxylic acids is 2. The van der Waals surface area contributed by atoms with Crippen LogP contribution in [0.3, 0.4) is 0 Å². The zero-order valence-electron chi connectivity index (χ0n) is 14.4. The highest BCUT2D eigenvalue weighted by atomic mass is 79.9. The fourth-order valence-corrected chi connectivity index (χ4v) is 3.98. The van der Waals surface area contributed by atoms with Crippen molar-refractivity contribution in [3.8, 4) is 0 Å². The molecule has 6 nitrogen and oxygen atoms in total. The van der Waals surface area contributed by atoms with Crippen molar-refractivity contribution < 1.29 is 18.4 Å². The maximum atomic E-state index is 14.0. The van der Waals surface area contributed by atoms with Crippen LogP contribution in [-0.4, -0.2) is 11.8 Å². The van der Waals surface area contributed by atoms with Gasteiger partial charge in [0.1, 0.15) is 21.5 Å². The molecule has 2 aromatic carbocycles. The van der Waals surface area contributed by atoms with E-state index in [9.17, 15) is 18.4 Å². The number of benzene rings is 2. The van der Waals surface area contributed by atoms with E-state index in [0.29, 0.717) is 10.2 Å². The maximum Gasteiger partial charge on any atom is 0.268 e. The van der Waals surface area contributed by atoms with Crippen LogP contribution < -0.4 is 22.1 Å². The molecule has 0 aliphatic heterocycles. The Bertz CT molecular complexity index is 1140. The first kappa shape index (κ1) is 21.0. The smallest absolute Gasteiger partial charge is 0.268 e. The predicted octanol–water partition coefficient (Wildman–Crippen LogP) is 5.12. The monoisotopic (exact) mass is 500 g/mol. The summed E-state index contributed by atoms with van der Waals surface area (Å²) in [5.41, 5.74) is 11.4. The Morgan fingerprint density at radius 2 is 1.83 bits per heavy atom. The van der Waals surface area contributed by atoms with Crippen molar-refractivity contribution in [2.75, 3.05) is 16.4 Å². The number of anilines is 4. The first-order valence-electron chi connectivity index (χ1n) is 7.88. The van der Waals surface area contributed by atoms with E-state index in [1.54, 1.807) is 6.07 Å². The van der Waals surface area contributed by atoms with Gasteiger partial charge in [0, 0.05) is 10.2 Å². The second kappa shape index (κ2) is 8.36. The first-order valence-corrected chi connectivity index (χ1v) is 9.86. The highest BCUT2D eigenvalue weighted by molar-refractivity contribution is 9.10. The molecule has 0 aliphatic carbocycles. The zero-order valence-corrected chi connectivity index (χ0v) is 17.5. The molecule has 3 aromatic rings. The lowest BCUT2D eigenvalue weighted by atomic mass is 10.2. The van der Waals surface area contributed by atoms with Gasteiger partial charge in [0.2, 0.25) is 0 Å². The number of rotatable bonds is 5. The number of halogens is 4. The van der Waals surface area contributed by atoms with Gasteiger partial charge in [-0.25, -0.2) is 8.78 Å². The van der Waals surface area contributed by atoms with E-state index in [0.717, 1.165) is 17.4 Å². The fraction of sp³-hybridized carbons (Fsp3) is 0. The van der Waals surface area contributed by atoms with Gasteiger partial charge >= 0.3 is 0 Å². The van der Waals surface area contributed by atoms with Crippen LogP contribution in [-0.2, 0) is 0 Å². The molecule has 0 unspecified atom stereocenters. The molecule has 6 N–H and O–H groups in total. The Morgan fingerprint density at radius 3 is 2.45 bits per heavy atom. The number of hydrogen-bond donors (Lipinski definition) is 4. The number of nitrogen functional groups attached to an aromatic ring is 1. The molecule has 0 atom stereocenters. The molecule has 0 bridgehead atoms. The summed E-state index contributed by atoms with van der Waals surface area (Å²) in [4.78, 5) is 24.4. The van der Waals surface area contributed by atoms with E-state index < -0.39 is 23.4 Å². The van der Waals surface area contributed by atoms with Crippen LogP contribution in [0.15, 0.2) is 40.9 Å². The van der Waals surface area contributed by atoms with Crippen molar-refractivity contribution in [3.05, 3.63) is 68.0 Å². The molecule has 0 saturated heterocycles.